The highest BCUT2D eigenvalue weighted by atomic mass is 19.2. The Labute approximate surface area is 116 Å². The number of carboxylic acid groups (broad SMARTS) is 1. The summed E-state index contributed by atoms with van der Waals surface area (Å²) in [5.41, 5.74) is -1.93. The van der Waals surface area contributed by atoms with Gasteiger partial charge in [-0.1, -0.05) is 0 Å². The molecule has 0 radical (unpaired) electrons. The Morgan fingerprint density at radius 2 is 1.76 bits per heavy atom. The molecule has 0 saturated heterocycles. The molecule has 2 rings (SSSR count). The van der Waals surface area contributed by atoms with Gasteiger partial charge in [0.05, 0.1) is 11.6 Å². The van der Waals surface area contributed by atoms with Gasteiger partial charge in [-0.15, -0.1) is 0 Å². The number of aliphatic carboxylic acids is 1. The van der Waals surface area contributed by atoms with Crippen LogP contribution in [0.5, 0.6) is 0 Å². The van der Waals surface area contributed by atoms with Crippen molar-refractivity contribution in [2.75, 3.05) is 0 Å². The maximum absolute atomic E-state index is 13.5. The average Bonchev–Trinajstić information content (AvgIpc) is 3.24. The van der Waals surface area contributed by atoms with E-state index in [0.717, 1.165) is 19.1 Å². The summed E-state index contributed by atoms with van der Waals surface area (Å²) in [6.45, 7) is 0. The van der Waals surface area contributed by atoms with Crippen LogP contribution in [0.2, 0.25) is 0 Å². The molecule has 2 N–H and O–H groups in total. The van der Waals surface area contributed by atoms with Crippen LogP contribution in [0.4, 0.5) is 17.6 Å². The predicted octanol–water partition coefficient (Wildman–Crippen LogP) is 2.83. The lowest BCUT2D eigenvalue weighted by Crippen LogP contribution is -2.09. The maximum Gasteiger partial charge on any atom is 0.341 e. The van der Waals surface area contributed by atoms with Gasteiger partial charge in [-0.2, -0.15) is 0 Å². The number of hydrogen-bond acceptors (Lipinski definition) is 3. The number of halogens is 4. The third-order valence-electron chi connectivity index (χ3n) is 2.80. The Morgan fingerprint density at radius 1 is 1.14 bits per heavy atom. The molecule has 4 nitrogen and oxygen atoms in total. The third kappa shape index (κ3) is 3.04. The molecule has 1 saturated carbocycles. The van der Waals surface area contributed by atoms with E-state index in [9.17, 15) is 27.5 Å². The minimum Gasteiger partial charge on any atom is -0.506 e. The standard InChI is InChI=1S/C13H9F4NO3/c14-8-3-6(9(15)11(17)10(8)16)12(19)7(13(20)21)4-18-5-1-2-5/h3-5,19H,1-2H2,(H,20,21)/b12-7-,18-4?. The quantitative estimate of drug-likeness (QED) is 0.224. The largest absolute Gasteiger partial charge is 0.506 e. The minimum absolute atomic E-state index is 0.0845. The Bertz CT molecular complexity index is 666. The summed E-state index contributed by atoms with van der Waals surface area (Å²) in [4.78, 5) is 14.8. The van der Waals surface area contributed by atoms with Crippen LogP contribution in [-0.4, -0.2) is 28.4 Å². The van der Waals surface area contributed by atoms with E-state index in [1.807, 2.05) is 0 Å². The zero-order valence-electron chi connectivity index (χ0n) is 10.4. The molecule has 0 atom stereocenters. The minimum atomic E-state index is -2.14. The topological polar surface area (TPSA) is 69.9 Å². The average molecular weight is 303 g/mol. The lowest BCUT2D eigenvalue weighted by molar-refractivity contribution is -0.132. The molecule has 1 aromatic carbocycles. The van der Waals surface area contributed by atoms with Gasteiger partial charge >= 0.3 is 5.97 Å². The number of carbonyl (C=O) groups is 1. The normalized spacial score (nSPS) is 16.2. The van der Waals surface area contributed by atoms with Gasteiger partial charge in [0, 0.05) is 6.21 Å². The van der Waals surface area contributed by atoms with Gasteiger partial charge in [0.15, 0.2) is 23.3 Å². The number of aliphatic hydroxyl groups is 1. The number of nitrogens with zero attached hydrogens (tertiary/aromatic N) is 1. The highest BCUT2D eigenvalue weighted by Gasteiger charge is 2.25. The van der Waals surface area contributed by atoms with Gasteiger partial charge in [0.25, 0.3) is 0 Å². The van der Waals surface area contributed by atoms with Crippen molar-refractivity contribution in [1.29, 1.82) is 0 Å². The lowest BCUT2D eigenvalue weighted by atomic mass is 10.1. The first-order chi connectivity index (χ1) is 9.82. The second kappa shape index (κ2) is 5.55. The van der Waals surface area contributed by atoms with Crippen molar-refractivity contribution in [3.05, 3.63) is 40.5 Å². The van der Waals surface area contributed by atoms with Gasteiger partial charge in [-0.25, -0.2) is 22.4 Å². The van der Waals surface area contributed by atoms with Crippen LogP contribution < -0.4 is 0 Å². The lowest BCUT2D eigenvalue weighted by Gasteiger charge is -2.07. The molecule has 21 heavy (non-hydrogen) atoms. The molecule has 8 heteroatoms. The van der Waals surface area contributed by atoms with E-state index in [1.54, 1.807) is 0 Å². The van der Waals surface area contributed by atoms with Gasteiger partial charge in [-0.05, 0) is 18.9 Å². The van der Waals surface area contributed by atoms with E-state index >= 15 is 0 Å². The molecular formula is C13H9F4NO3. The summed E-state index contributed by atoms with van der Waals surface area (Å²) < 4.78 is 52.5. The van der Waals surface area contributed by atoms with Crippen molar-refractivity contribution < 1.29 is 32.6 Å². The molecule has 1 aliphatic carbocycles. The summed E-state index contributed by atoms with van der Waals surface area (Å²) in [6, 6.07) is 0.0930. The van der Waals surface area contributed by atoms with E-state index in [4.69, 9.17) is 5.11 Å². The Balaban J connectivity index is 2.55. The van der Waals surface area contributed by atoms with Crippen LogP contribution in [0.15, 0.2) is 16.6 Å². The molecule has 0 bridgehead atoms. The van der Waals surface area contributed by atoms with Crippen molar-refractivity contribution in [1.82, 2.24) is 0 Å². The molecule has 0 amide bonds. The summed E-state index contributed by atoms with van der Waals surface area (Å²) in [7, 11) is 0. The maximum atomic E-state index is 13.5. The fraction of sp³-hybridized carbons (Fsp3) is 0.231. The summed E-state index contributed by atoms with van der Waals surface area (Å²) in [5.74, 6) is -10.7. The molecule has 1 fully saturated rings. The molecule has 1 aliphatic rings. The fourth-order valence-corrected chi connectivity index (χ4v) is 1.51. The van der Waals surface area contributed by atoms with Crippen LogP contribution in [0.3, 0.4) is 0 Å². The fourth-order valence-electron chi connectivity index (χ4n) is 1.51. The van der Waals surface area contributed by atoms with Crippen molar-refractivity contribution in [2.45, 2.75) is 18.9 Å². The third-order valence-corrected chi connectivity index (χ3v) is 2.80. The number of rotatable bonds is 4. The van der Waals surface area contributed by atoms with Crippen LogP contribution in [0.25, 0.3) is 5.76 Å². The zero-order valence-corrected chi connectivity index (χ0v) is 10.4. The Kier molecular flexibility index (Phi) is 3.97. The van der Waals surface area contributed by atoms with Crippen LogP contribution in [0, 0.1) is 23.3 Å². The Morgan fingerprint density at radius 3 is 2.29 bits per heavy atom. The number of hydrogen-bond donors (Lipinski definition) is 2. The first-order valence-electron chi connectivity index (χ1n) is 5.86. The van der Waals surface area contributed by atoms with Crippen molar-refractivity contribution in [3.8, 4) is 0 Å². The SMILES string of the molecule is O=C(O)/C(C=NC1CC1)=C(\O)c1cc(F)c(F)c(F)c1F. The van der Waals surface area contributed by atoms with E-state index in [1.165, 1.54) is 0 Å². The highest BCUT2D eigenvalue weighted by molar-refractivity contribution is 6.14. The van der Waals surface area contributed by atoms with Gasteiger partial charge in [0.1, 0.15) is 11.3 Å². The second-order valence-corrected chi connectivity index (χ2v) is 4.42. The van der Waals surface area contributed by atoms with E-state index in [0.29, 0.717) is 0 Å². The molecule has 0 aliphatic heterocycles. The van der Waals surface area contributed by atoms with Gasteiger partial charge in [0.2, 0.25) is 0 Å². The summed E-state index contributed by atoms with van der Waals surface area (Å²) >= 11 is 0. The monoisotopic (exact) mass is 303 g/mol. The van der Waals surface area contributed by atoms with Crippen molar-refractivity contribution in [2.24, 2.45) is 4.99 Å². The zero-order chi connectivity index (χ0) is 15.7. The molecule has 0 unspecified atom stereocenters. The number of benzene rings is 1. The number of aliphatic imine (C=N–C) groups is 1. The van der Waals surface area contributed by atoms with Crippen LogP contribution in [0.1, 0.15) is 18.4 Å². The molecule has 112 valence electrons. The highest BCUT2D eigenvalue weighted by Crippen LogP contribution is 2.26. The van der Waals surface area contributed by atoms with Crippen molar-refractivity contribution >= 4 is 17.9 Å². The Hall–Kier alpha value is -2.38. The van der Waals surface area contributed by atoms with Crippen LogP contribution >= 0.6 is 0 Å². The van der Waals surface area contributed by atoms with Crippen LogP contribution in [-0.2, 0) is 4.79 Å². The van der Waals surface area contributed by atoms with E-state index in [-0.39, 0.29) is 12.1 Å². The van der Waals surface area contributed by atoms with Gasteiger partial charge < -0.3 is 10.2 Å². The predicted molar refractivity (Wildman–Crippen MR) is 65.0 cm³/mol. The first-order valence-corrected chi connectivity index (χ1v) is 5.86. The smallest absolute Gasteiger partial charge is 0.341 e. The molecule has 0 spiro atoms. The summed E-state index contributed by atoms with van der Waals surface area (Å²) in [5, 5.41) is 18.6. The molecule has 0 heterocycles. The van der Waals surface area contributed by atoms with Crippen molar-refractivity contribution in [3.63, 3.8) is 0 Å². The first kappa shape index (κ1) is 15.0. The molecule has 0 aromatic heterocycles. The van der Waals surface area contributed by atoms with E-state index in [2.05, 4.69) is 4.99 Å². The molecule has 1 aromatic rings. The summed E-state index contributed by atoms with van der Waals surface area (Å²) in [6.07, 6.45) is 2.28. The van der Waals surface area contributed by atoms with E-state index < -0.39 is 46.1 Å². The molecular weight excluding hydrogens is 294 g/mol. The van der Waals surface area contributed by atoms with Gasteiger partial charge in [-0.3, -0.25) is 4.99 Å². The number of aliphatic hydroxyl groups excluding tert-OH is 1. The number of carboxylic acids is 1. The second-order valence-electron chi connectivity index (χ2n) is 4.42.